The lowest BCUT2D eigenvalue weighted by atomic mass is 10.0. The lowest BCUT2D eigenvalue weighted by molar-refractivity contribution is -0.0268. The average molecular weight is 406 g/mol. The molecule has 0 unspecified atom stereocenters. The molecule has 0 N–H and O–H groups in total. The molecule has 0 aromatic heterocycles. The molecule has 3 aromatic rings. The fraction of sp³-hybridized carbons (Fsp3) is 0.231. The van der Waals surface area contributed by atoms with E-state index >= 15 is 0 Å². The molecular weight excluding hydrogens is 379 g/mol. The summed E-state index contributed by atoms with van der Waals surface area (Å²) in [5.41, 5.74) is 1.60. The van der Waals surface area contributed by atoms with Crippen molar-refractivity contribution in [1.29, 1.82) is 0 Å². The van der Waals surface area contributed by atoms with Crippen LogP contribution in [-0.2, 0) is 11.3 Å². The molecule has 0 amide bonds. The first-order valence-corrected chi connectivity index (χ1v) is 9.91. The Hall–Kier alpha value is -3.11. The molecule has 3 nitrogen and oxygen atoms in total. The molecule has 0 radical (unpaired) electrons. The van der Waals surface area contributed by atoms with Gasteiger partial charge in [-0.3, -0.25) is 0 Å². The third-order valence-corrected chi connectivity index (χ3v) is 4.63. The number of methoxy groups -OCH3 is 1. The Kier molecular flexibility index (Phi) is 7.26. The maximum atomic E-state index is 14.1. The van der Waals surface area contributed by atoms with Crippen LogP contribution < -0.4 is 9.47 Å². The van der Waals surface area contributed by atoms with Gasteiger partial charge in [0, 0.05) is 0 Å². The van der Waals surface area contributed by atoms with Crippen LogP contribution in [0.15, 0.2) is 78.9 Å². The molecule has 0 aliphatic rings. The van der Waals surface area contributed by atoms with Crippen molar-refractivity contribution < 1.29 is 18.6 Å². The fourth-order valence-electron chi connectivity index (χ4n) is 2.86. The zero-order chi connectivity index (χ0) is 21.4. The number of halogens is 1. The van der Waals surface area contributed by atoms with Crippen LogP contribution in [0.5, 0.6) is 17.2 Å². The summed E-state index contributed by atoms with van der Waals surface area (Å²) in [5, 5.41) is 0. The van der Waals surface area contributed by atoms with Gasteiger partial charge in [-0.25, -0.2) is 4.39 Å². The smallest absolute Gasteiger partial charge is 0.165 e. The Balaban J connectivity index is 1.56. The van der Waals surface area contributed by atoms with E-state index in [2.05, 4.69) is 12.2 Å². The first-order valence-electron chi connectivity index (χ1n) is 9.91. The van der Waals surface area contributed by atoms with E-state index in [1.807, 2.05) is 56.3 Å². The normalized spacial score (nSPS) is 11.6. The van der Waals surface area contributed by atoms with Gasteiger partial charge in [0.05, 0.1) is 19.3 Å². The Morgan fingerprint density at radius 2 is 1.63 bits per heavy atom. The van der Waals surface area contributed by atoms with Crippen molar-refractivity contribution in [2.24, 2.45) is 0 Å². The summed E-state index contributed by atoms with van der Waals surface area (Å²) < 4.78 is 31.0. The average Bonchev–Trinajstić information content (AvgIpc) is 2.75. The third kappa shape index (κ3) is 6.46. The molecule has 156 valence electrons. The van der Waals surface area contributed by atoms with Gasteiger partial charge < -0.3 is 14.2 Å². The maximum Gasteiger partial charge on any atom is 0.165 e. The topological polar surface area (TPSA) is 27.7 Å². The lowest BCUT2D eigenvalue weighted by Gasteiger charge is -2.24. The van der Waals surface area contributed by atoms with Gasteiger partial charge in [-0.15, -0.1) is 0 Å². The molecular formula is C26H27FO3. The van der Waals surface area contributed by atoms with Gasteiger partial charge in [0.25, 0.3) is 0 Å². The van der Waals surface area contributed by atoms with Gasteiger partial charge in [0.2, 0.25) is 0 Å². The van der Waals surface area contributed by atoms with E-state index in [9.17, 15) is 4.39 Å². The molecule has 0 atom stereocenters. The van der Waals surface area contributed by atoms with Gasteiger partial charge in [-0.2, -0.15) is 0 Å². The molecule has 4 heteroatoms. The second-order valence-electron chi connectivity index (χ2n) is 7.61. The van der Waals surface area contributed by atoms with E-state index in [1.165, 1.54) is 6.07 Å². The van der Waals surface area contributed by atoms with Crippen LogP contribution in [0, 0.1) is 5.82 Å². The molecule has 0 heterocycles. The highest BCUT2D eigenvalue weighted by atomic mass is 19.1. The van der Waals surface area contributed by atoms with Crippen molar-refractivity contribution in [3.05, 3.63) is 95.8 Å². The van der Waals surface area contributed by atoms with Crippen LogP contribution in [0.4, 0.5) is 4.39 Å². The molecule has 3 rings (SSSR count). The largest absolute Gasteiger partial charge is 0.497 e. The molecule has 0 spiro atoms. The minimum atomic E-state index is -0.399. The third-order valence-electron chi connectivity index (χ3n) is 4.63. The number of hydrogen-bond donors (Lipinski definition) is 0. The number of rotatable bonds is 9. The van der Waals surface area contributed by atoms with Crippen molar-refractivity contribution in [2.45, 2.75) is 32.5 Å². The number of para-hydroxylation sites is 1. The Bertz CT molecular complexity index is 963. The van der Waals surface area contributed by atoms with E-state index < -0.39 is 5.82 Å². The van der Waals surface area contributed by atoms with Gasteiger partial charge in [0.15, 0.2) is 11.6 Å². The van der Waals surface area contributed by atoms with Crippen LogP contribution in [-0.4, -0.2) is 12.7 Å². The second kappa shape index (κ2) is 10.1. The molecule has 3 aromatic carbocycles. The maximum absolute atomic E-state index is 14.1. The SMILES string of the molecule is COc1ccc(C=CCC(C)(C)OCc2ccc(F)c(Oc3ccccc3)c2)cc1. The fourth-order valence-corrected chi connectivity index (χ4v) is 2.86. The van der Waals surface area contributed by atoms with Gasteiger partial charge in [-0.1, -0.05) is 48.6 Å². The summed E-state index contributed by atoms with van der Waals surface area (Å²) >= 11 is 0. The Morgan fingerprint density at radius 1 is 0.900 bits per heavy atom. The highest BCUT2D eigenvalue weighted by molar-refractivity contribution is 5.50. The van der Waals surface area contributed by atoms with Gasteiger partial charge in [-0.05, 0) is 67.8 Å². The molecule has 0 fully saturated rings. The van der Waals surface area contributed by atoms with E-state index in [-0.39, 0.29) is 11.4 Å². The number of benzene rings is 3. The van der Waals surface area contributed by atoms with Crippen LogP contribution in [0.25, 0.3) is 6.08 Å². The zero-order valence-electron chi connectivity index (χ0n) is 17.6. The van der Waals surface area contributed by atoms with Crippen molar-refractivity contribution in [3.8, 4) is 17.2 Å². The number of ether oxygens (including phenoxy) is 3. The Labute approximate surface area is 177 Å². The van der Waals surface area contributed by atoms with Crippen molar-refractivity contribution in [2.75, 3.05) is 7.11 Å². The molecule has 0 saturated carbocycles. The quantitative estimate of drug-likeness (QED) is 0.382. The van der Waals surface area contributed by atoms with E-state index in [0.717, 1.165) is 23.3 Å². The highest BCUT2D eigenvalue weighted by Gasteiger charge is 2.17. The molecule has 0 aliphatic carbocycles. The van der Waals surface area contributed by atoms with E-state index in [0.29, 0.717) is 12.4 Å². The first kappa shape index (κ1) is 21.6. The van der Waals surface area contributed by atoms with Crippen LogP contribution >= 0.6 is 0 Å². The summed E-state index contributed by atoms with van der Waals surface area (Å²) in [4.78, 5) is 0. The molecule has 30 heavy (non-hydrogen) atoms. The first-order chi connectivity index (χ1) is 14.4. The second-order valence-corrected chi connectivity index (χ2v) is 7.61. The number of hydrogen-bond acceptors (Lipinski definition) is 3. The lowest BCUT2D eigenvalue weighted by Crippen LogP contribution is -2.23. The van der Waals surface area contributed by atoms with E-state index in [4.69, 9.17) is 14.2 Å². The summed E-state index contributed by atoms with van der Waals surface area (Å²) in [6.45, 7) is 4.45. The summed E-state index contributed by atoms with van der Waals surface area (Å²) in [6.07, 6.45) is 4.90. The minimum Gasteiger partial charge on any atom is -0.497 e. The van der Waals surface area contributed by atoms with Crippen LogP contribution in [0.3, 0.4) is 0 Å². The molecule has 0 aliphatic heterocycles. The van der Waals surface area contributed by atoms with Crippen LogP contribution in [0.2, 0.25) is 0 Å². The zero-order valence-corrected chi connectivity index (χ0v) is 17.6. The van der Waals surface area contributed by atoms with E-state index in [1.54, 1.807) is 31.4 Å². The molecule has 0 bridgehead atoms. The Morgan fingerprint density at radius 3 is 2.33 bits per heavy atom. The highest BCUT2D eigenvalue weighted by Crippen LogP contribution is 2.27. The van der Waals surface area contributed by atoms with Crippen molar-refractivity contribution >= 4 is 6.08 Å². The van der Waals surface area contributed by atoms with Crippen molar-refractivity contribution in [3.63, 3.8) is 0 Å². The molecule has 0 saturated heterocycles. The predicted octanol–water partition coefficient (Wildman–Crippen LogP) is 7.03. The standard InChI is InChI=1S/C26H27FO3/c1-26(2,17-7-8-20-11-14-22(28-3)15-12-20)29-19-21-13-16-24(27)25(18-21)30-23-9-5-4-6-10-23/h4-16,18H,17,19H2,1-3H3. The van der Waals surface area contributed by atoms with Crippen LogP contribution in [0.1, 0.15) is 31.4 Å². The summed E-state index contributed by atoms with van der Waals surface area (Å²) in [7, 11) is 1.66. The monoisotopic (exact) mass is 406 g/mol. The van der Waals surface area contributed by atoms with Gasteiger partial charge >= 0.3 is 0 Å². The summed E-state index contributed by atoms with van der Waals surface area (Å²) in [6, 6.07) is 21.9. The van der Waals surface area contributed by atoms with Gasteiger partial charge in [0.1, 0.15) is 11.5 Å². The van der Waals surface area contributed by atoms with Crippen molar-refractivity contribution in [1.82, 2.24) is 0 Å². The minimum absolute atomic E-state index is 0.194. The summed E-state index contributed by atoms with van der Waals surface area (Å²) in [5.74, 6) is 1.23. The predicted molar refractivity (Wildman–Crippen MR) is 118 cm³/mol.